The highest BCUT2D eigenvalue weighted by Gasteiger charge is 2.47. The van der Waals surface area contributed by atoms with E-state index in [0.29, 0.717) is 11.6 Å². The highest BCUT2D eigenvalue weighted by Crippen LogP contribution is 2.42. The lowest BCUT2D eigenvalue weighted by atomic mass is 10.1. The number of amides is 2. The minimum Gasteiger partial charge on any atom is -0.497 e. The molecule has 2 aliphatic rings. The second-order valence-electron chi connectivity index (χ2n) is 7.21. The van der Waals surface area contributed by atoms with Crippen molar-refractivity contribution in [3.05, 3.63) is 48.5 Å². The normalized spacial score (nSPS) is 18.4. The number of hydrogen-bond donors (Lipinski definition) is 1. The van der Waals surface area contributed by atoms with Gasteiger partial charge in [-0.1, -0.05) is 12.1 Å². The Labute approximate surface area is 161 Å². The molecule has 0 saturated heterocycles. The van der Waals surface area contributed by atoms with Crippen LogP contribution in [-0.4, -0.2) is 34.5 Å². The summed E-state index contributed by atoms with van der Waals surface area (Å²) in [6, 6.07) is 14.5. The van der Waals surface area contributed by atoms with Gasteiger partial charge in [-0.3, -0.25) is 19.1 Å². The number of para-hydroxylation sites is 2. The third-order valence-electron chi connectivity index (χ3n) is 5.29. The number of rotatable bonds is 5. The lowest BCUT2D eigenvalue weighted by molar-refractivity contribution is -0.124. The first kappa shape index (κ1) is 16.8. The van der Waals surface area contributed by atoms with Gasteiger partial charge in [0, 0.05) is 11.7 Å². The van der Waals surface area contributed by atoms with Gasteiger partial charge >= 0.3 is 0 Å². The van der Waals surface area contributed by atoms with Crippen molar-refractivity contribution in [2.75, 3.05) is 17.3 Å². The van der Waals surface area contributed by atoms with Crippen LogP contribution in [0.4, 0.5) is 11.6 Å². The van der Waals surface area contributed by atoms with Gasteiger partial charge in [0.1, 0.15) is 11.8 Å². The molecular formula is C21H20N4O3. The molecule has 1 aromatic heterocycles. The molecule has 142 valence electrons. The number of carbonyl (C=O) groups excluding carboxylic acids is 2. The standard InChI is InChI=1S/C21H20N4O3/c1-28-15-10-6-13(7-11-15)22-19(26)12-18-20(27)24(14-8-9-14)21-23-16-4-2-3-5-17(16)25(18)21/h2-7,10-11,14,18H,8-9,12H2,1H3,(H,22,26). The van der Waals surface area contributed by atoms with E-state index in [1.54, 1.807) is 36.3 Å². The van der Waals surface area contributed by atoms with Gasteiger partial charge < -0.3 is 10.1 Å². The van der Waals surface area contributed by atoms with Crippen molar-refractivity contribution in [3.63, 3.8) is 0 Å². The van der Waals surface area contributed by atoms with Crippen LogP contribution in [0, 0.1) is 0 Å². The van der Waals surface area contributed by atoms with E-state index in [2.05, 4.69) is 10.3 Å². The number of benzene rings is 2. The number of hydrogen-bond acceptors (Lipinski definition) is 4. The molecule has 3 aromatic rings. The fourth-order valence-corrected chi connectivity index (χ4v) is 3.80. The molecule has 0 spiro atoms. The van der Waals surface area contributed by atoms with E-state index in [1.165, 1.54) is 0 Å². The maximum absolute atomic E-state index is 13.1. The molecule has 2 aromatic carbocycles. The van der Waals surface area contributed by atoms with Crippen molar-refractivity contribution in [1.82, 2.24) is 9.55 Å². The summed E-state index contributed by atoms with van der Waals surface area (Å²) in [5.74, 6) is 1.14. The Kier molecular flexibility index (Phi) is 3.82. The van der Waals surface area contributed by atoms with Gasteiger partial charge in [-0.15, -0.1) is 0 Å². The minimum atomic E-state index is -0.568. The third kappa shape index (κ3) is 2.70. The molecule has 1 aliphatic heterocycles. The number of nitrogens with one attached hydrogen (secondary N) is 1. The number of fused-ring (bicyclic) bond motifs is 3. The Bertz CT molecular complexity index is 1070. The van der Waals surface area contributed by atoms with E-state index >= 15 is 0 Å². The van der Waals surface area contributed by atoms with Crippen LogP contribution in [-0.2, 0) is 9.59 Å². The Balaban J connectivity index is 1.43. The zero-order chi connectivity index (χ0) is 19.3. The zero-order valence-electron chi connectivity index (χ0n) is 15.5. The van der Waals surface area contributed by atoms with Crippen LogP contribution in [0.25, 0.3) is 11.0 Å². The van der Waals surface area contributed by atoms with E-state index in [9.17, 15) is 9.59 Å². The number of anilines is 2. The average molecular weight is 376 g/mol. The third-order valence-corrected chi connectivity index (χ3v) is 5.29. The molecule has 5 rings (SSSR count). The highest BCUT2D eigenvalue weighted by molar-refractivity contribution is 6.05. The molecule has 1 saturated carbocycles. The highest BCUT2D eigenvalue weighted by atomic mass is 16.5. The number of nitrogens with zero attached hydrogens (tertiary/aromatic N) is 3. The summed E-state index contributed by atoms with van der Waals surface area (Å²) in [6.45, 7) is 0. The Morgan fingerprint density at radius 2 is 1.93 bits per heavy atom. The van der Waals surface area contributed by atoms with Gasteiger partial charge in [-0.05, 0) is 49.2 Å². The summed E-state index contributed by atoms with van der Waals surface area (Å²) >= 11 is 0. The second kappa shape index (κ2) is 6.37. The maximum Gasteiger partial charge on any atom is 0.253 e. The predicted octanol–water partition coefficient (Wildman–Crippen LogP) is 3.12. The van der Waals surface area contributed by atoms with E-state index in [-0.39, 0.29) is 24.3 Å². The molecule has 0 bridgehead atoms. The van der Waals surface area contributed by atoms with Gasteiger partial charge in [-0.2, -0.15) is 0 Å². The molecule has 2 amide bonds. The number of aromatic nitrogens is 2. The first-order valence-electron chi connectivity index (χ1n) is 9.39. The first-order valence-corrected chi connectivity index (χ1v) is 9.39. The zero-order valence-corrected chi connectivity index (χ0v) is 15.5. The van der Waals surface area contributed by atoms with Crippen molar-refractivity contribution in [1.29, 1.82) is 0 Å². The topological polar surface area (TPSA) is 76.5 Å². The van der Waals surface area contributed by atoms with E-state index in [4.69, 9.17) is 4.74 Å². The van der Waals surface area contributed by atoms with Gasteiger partial charge in [0.2, 0.25) is 11.9 Å². The van der Waals surface area contributed by atoms with E-state index in [0.717, 1.165) is 29.6 Å². The van der Waals surface area contributed by atoms with Crippen molar-refractivity contribution in [2.45, 2.75) is 31.3 Å². The SMILES string of the molecule is COc1ccc(NC(=O)CC2C(=O)N(C3CC3)c3nc4ccccc4n32)cc1. The van der Waals surface area contributed by atoms with Crippen LogP contribution in [0.15, 0.2) is 48.5 Å². The smallest absolute Gasteiger partial charge is 0.253 e. The lowest BCUT2D eigenvalue weighted by Gasteiger charge is -2.15. The Morgan fingerprint density at radius 3 is 2.64 bits per heavy atom. The van der Waals surface area contributed by atoms with E-state index < -0.39 is 6.04 Å². The van der Waals surface area contributed by atoms with Gasteiger partial charge in [0.05, 0.1) is 24.6 Å². The number of imidazole rings is 1. The summed E-state index contributed by atoms with van der Waals surface area (Å²) in [7, 11) is 1.60. The first-order chi connectivity index (χ1) is 13.7. The van der Waals surface area contributed by atoms with Crippen LogP contribution < -0.4 is 15.0 Å². The van der Waals surface area contributed by atoms with Crippen LogP contribution >= 0.6 is 0 Å². The van der Waals surface area contributed by atoms with Crippen LogP contribution in [0.2, 0.25) is 0 Å². The van der Waals surface area contributed by atoms with Crippen LogP contribution in [0.3, 0.4) is 0 Å². The maximum atomic E-state index is 13.1. The minimum absolute atomic E-state index is 0.0411. The molecule has 2 heterocycles. The summed E-state index contributed by atoms with van der Waals surface area (Å²) in [6.07, 6.45) is 2.04. The molecule has 7 heteroatoms. The van der Waals surface area contributed by atoms with Crippen molar-refractivity contribution < 1.29 is 14.3 Å². The summed E-state index contributed by atoms with van der Waals surface area (Å²) < 4.78 is 7.05. The second-order valence-corrected chi connectivity index (χ2v) is 7.21. The van der Waals surface area contributed by atoms with Crippen molar-refractivity contribution >= 4 is 34.5 Å². The van der Waals surface area contributed by atoms with Gasteiger partial charge in [0.25, 0.3) is 5.91 Å². The van der Waals surface area contributed by atoms with Gasteiger partial charge in [-0.25, -0.2) is 4.98 Å². The largest absolute Gasteiger partial charge is 0.497 e. The summed E-state index contributed by atoms with van der Waals surface area (Å²) in [5, 5.41) is 2.87. The number of ether oxygens (including phenoxy) is 1. The molecule has 0 radical (unpaired) electrons. The van der Waals surface area contributed by atoms with Gasteiger partial charge in [0.15, 0.2) is 0 Å². The molecule has 1 N–H and O–H groups in total. The monoisotopic (exact) mass is 376 g/mol. The molecule has 1 aliphatic carbocycles. The number of carbonyl (C=O) groups is 2. The Hall–Kier alpha value is -3.35. The fraction of sp³-hybridized carbons (Fsp3) is 0.286. The lowest BCUT2D eigenvalue weighted by Crippen LogP contribution is -2.33. The molecule has 1 atom stereocenters. The Morgan fingerprint density at radius 1 is 1.18 bits per heavy atom. The fourth-order valence-electron chi connectivity index (χ4n) is 3.80. The van der Waals surface area contributed by atoms with Crippen LogP contribution in [0.1, 0.15) is 25.3 Å². The summed E-state index contributed by atoms with van der Waals surface area (Å²) in [4.78, 5) is 32.2. The molecule has 7 nitrogen and oxygen atoms in total. The molecule has 28 heavy (non-hydrogen) atoms. The quantitative estimate of drug-likeness (QED) is 0.742. The molecule has 1 unspecified atom stereocenters. The van der Waals surface area contributed by atoms with Crippen molar-refractivity contribution in [3.8, 4) is 5.75 Å². The molecule has 1 fully saturated rings. The molecular weight excluding hydrogens is 356 g/mol. The average Bonchev–Trinajstić information content (AvgIpc) is 3.41. The van der Waals surface area contributed by atoms with E-state index in [1.807, 2.05) is 28.8 Å². The van der Waals surface area contributed by atoms with Crippen molar-refractivity contribution in [2.24, 2.45) is 0 Å². The summed E-state index contributed by atoms with van der Waals surface area (Å²) in [5.41, 5.74) is 2.40. The predicted molar refractivity (Wildman–Crippen MR) is 106 cm³/mol. The number of methoxy groups -OCH3 is 1. The van der Waals surface area contributed by atoms with Crippen LogP contribution in [0.5, 0.6) is 5.75 Å².